The maximum absolute atomic E-state index is 5.68. The molecule has 3 aromatic rings. The van der Waals surface area contributed by atoms with Crippen LogP contribution in [0.1, 0.15) is 22.9 Å². The molecule has 4 nitrogen and oxygen atoms in total. The summed E-state index contributed by atoms with van der Waals surface area (Å²) in [6.07, 6.45) is 3.47. The highest BCUT2D eigenvalue weighted by atomic mass is 16.3. The number of rotatable bonds is 3. The molecule has 2 heterocycles. The smallest absolute Gasteiger partial charge is 0.129 e. The van der Waals surface area contributed by atoms with Crippen LogP contribution in [0, 0.1) is 6.92 Å². The normalized spacial score (nSPS) is 12.7. The van der Waals surface area contributed by atoms with Crippen LogP contribution >= 0.6 is 0 Å². The molecule has 0 radical (unpaired) electrons. The monoisotopic (exact) mass is 253 g/mol. The number of pyridine rings is 1. The van der Waals surface area contributed by atoms with Gasteiger partial charge in [-0.2, -0.15) is 0 Å². The predicted octanol–water partition coefficient (Wildman–Crippen LogP) is 2.69. The topological polar surface area (TPSA) is 64.1 Å². The Morgan fingerprint density at radius 2 is 2.16 bits per heavy atom. The van der Waals surface area contributed by atoms with E-state index in [9.17, 15) is 0 Å². The molecule has 1 atom stereocenters. The molecule has 1 unspecified atom stereocenters. The number of fused-ring (bicyclic) bond motifs is 1. The minimum atomic E-state index is -0.153. The van der Waals surface area contributed by atoms with Crippen LogP contribution in [-0.4, -0.2) is 4.98 Å². The average molecular weight is 253 g/mol. The van der Waals surface area contributed by atoms with Crippen molar-refractivity contribution in [1.82, 2.24) is 10.4 Å². The Labute approximate surface area is 111 Å². The van der Waals surface area contributed by atoms with E-state index in [0.717, 1.165) is 27.8 Å². The number of nitrogens with zero attached hydrogens (tertiary/aromatic N) is 1. The van der Waals surface area contributed by atoms with Crippen LogP contribution in [0.4, 0.5) is 0 Å². The average Bonchev–Trinajstić information content (AvgIpc) is 2.86. The van der Waals surface area contributed by atoms with Gasteiger partial charge < -0.3 is 4.42 Å². The number of hydrogen-bond donors (Lipinski definition) is 2. The van der Waals surface area contributed by atoms with Gasteiger partial charge in [0.15, 0.2) is 0 Å². The van der Waals surface area contributed by atoms with Gasteiger partial charge in [0, 0.05) is 11.6 Å². The zero-order valence-electron chi connectivity index (χ0n) is 10.6. The maximum atomic E-state index is 5.68. The van der Waals surface area contributed by atoms with Gasteiger partial charge in [-0.15, -0.1) is 0 Å². The second kappa shape index (κ2) is 4.84. The fourth-order valence-electron chi connectivity index (χ4n) is 2.28. The van der Waals surface area contributed by atoms with Crippen LogP contribution in [-0.2, 0) is 0 Å². The van der Waals surface area contributed by atoms with Gasteiger partial charge in [-0.05, 0) is 42.3 Å². The molecule has 0 aliphatic carbocycles. The largest absolute Gasteiger partial charge is 0.467 e. The number of hydrazine groups is 1. The minimum absolute atomic E-state index is 0.153. The quantitative estimate of drug-likeness (QED) is 0.556. The number of nitrogens with one attached hydrogen (secondary N) is 1. The summed E-state index contributed by atoms with van der Waals surface area (Å²) in [7, 11) is 0. The molecule has 0 aliphatic rings. The second-order valence-corrected chi connectivity index (χ2v) is 4.52. The van der Waals surface area contributed by atoms with E-state index in [4.69, 9.17) is 10.3 Å². The molecule has 2 aromatic heterocycles. The van der Waals surface area contributed by atoms with Crippen molar-refractivity contribution in [3.05, 3.63) is 65.7 Å². The molecule has 0 fully saturated rings. The lowest BCUT2D eigenvalue weighted by Crippen LogP contribution is -2.29. The lowest BCUT2D eigenvalue weighted by atomic mass is 10.0. The van der Waals surface area contributed by atoms with Crippen molar-refractivity contribution in [3.63, 3.8) is 0 Å². The molecule has 4 heteroatoms. The zero-order chi connectivity index (χ0) is 13.2. The van der Waals surface area contributed by atoms with Crippen LogP contribution in [0.3, 0.4) is 0 Å². The molecular weight excluding hydrogens is 238 g/mol. The third-order valence-corrected chi connectivity index (χ3v) is 3.29. The molecule has 0 saturated heterocycles. The summed E-state index contributed by atoms with van der Waals surface area (Å²) in [5.74, 6) is 6.52. The molecule has 96 valence electrons. The summed E-state index contributed by atoms with van der Waals surface area (Å²) in [4.78, 5) is 4.31. The Morgan fingerprint density at radius 1 is 1.26 bits per heavy atom. The van der Waals surface area contributed by atoms with Crippen molar-refractivity contribution < 1.29 is 4.42 Å². The maximum Gasteiger partial charge on any atom is 0.129 e. The highest BCUT2D eigenvalue weighted by molar-refractivity contribution is 5.79. The fraction of sp³-hybridized carbons (Fsp3) is 0.133. The number of furan rings is 1. The van der Waals surface area contributed by atoms with Gasteiger partial charge in [0.05, 0.1) is 11.8 Å². The summed E-state index contributed by atoms with van der Waals surface area (Å²) in [6.45, 7) is 2.01. The van der Waals surface area contributed by atoms with E-state index in [1.165, 1.54) is 0 Å². The highest BCUT2D eigenvalue weighted by Crippen LogP contribution is 2.27. The molecule has 0 amide bonds. The van der Waals surface area contributed by atoms with Gasteiger partial charge in [0.2, 0.25) is 0 Å². The second-order valence-electron chi connectivity index (χ2n) is 4.52. The van der Waals surface area contributed by atoms with Crippen molar-refractivity contribution in [2.45, 2.75) is 13.0 Å². The molecule has 19 heavy (non-hydrogen) atoms. The van der Waals surface area contributed by atoms with Crippen LogP contribution in [0.2, 0.25) is 0 Å². The van der Waals surface area contributed by atoms with E-state index in [-0.39, 0.29) is 6.04 Å². The van der Waals surface area contributed by atoms with Crippen molar-refractivity contribution in [3.8, 4) is 0 Å². The van der Waals surface area contributed by atoms with Crippen LogP contribution in [0.15, 0.2) is 53.3 Å². The van der Waals surface area contributed by atoms with E-state index < -0.39 is 0 Å². The molecule has 3 N–H and O–H groups in total. The van der Waals surface area contributed by atoms with Crippen molar-refractivity contribution in [1.29, 1.82) is 0 Å². The predicted molar refractivity (Wildman–Crippen MR) is 74.4 cm³/mol. The van der Waals surface area contributed by atoms with E-state index >= 15 is 0 Å². The lowest BCUT2D eigenvalue weighted by Gasteiger charge is -2.15. The van der Waals surface area contributed by atoms with Gasteiger partial charge in [0.1, 0.15) is 11.8 Å². The number of benzene rings is 1. The Morgan fingerprint density at radius 3 is 2.89 bits per heavy atom. The van der Waals surface area contributed by atoms with Crippen molar-refractivity contribution in [2.24, 2.45) is 5.84 Å². The van der Waals surface area contributed by atoms with Crippen molar-refractivity contribution in [2.75, 3.05) is 0 Å². The standard InChI is InChI=1S/C15H15N3O/c1-10-6-8-19-15(10)14(18-16)12-4-5-13-11(9-12)3-2-7-17-13/h2-9,14,18H,16H2,1H3. The Balaban J connectivity index is 2.09. The molecule has 0 saturated carbocycles. The molecule has 3 rings (SSSR count). The first-order valence-electron chi connectivity index (χ1n) is 6.14. The first kappa shape index (κ1) is 11.9. The summed E-state index contributed by atoms with van der Waals surface area (Å²) in [5, 5.41) is 1.09. The number of aryl methyl sites for hydroxylation is 1. The SMILES string of the molecule is Cc1ccoc1C(NN)c1ccc2ncccc2c1. The Bertz CT molecular complexity index is 705. The van der Waals surface area contributed by atoms with E-state index in [1.54, 1.807) is 12.5 Å². The molecule has 0 aliphatic heterocycles. The van der Waals surface area contributed by atoms with Crippen LogP contribution in [0.25, 0.3) is 10.9 Å². The van der Waals surface area contributed by atoms with E-state index in [1.807, 2.05) is 37.3 Å². The summed E-state index contributed by atoms with van der Waals surface area (Å²) < 4.78 is 5.53. The Hall–Kier alpha value is -2.17. The van der Waals surface area contributed by atoms with E-state index in [2.05, 4.69) is 16.5 Å². The summed E-state index contributed by atoms with van der Waals surface area (Å²) >= 11 is 0. The third-order valence-electron chi connectivity index (χ3n) is 3.29. The summed E-state index contributed by atoms with van der Waals surface area (Å²) in [6, 6.07) is 11.8. The number of aromatic nitrogens is 1. The number of hydrogen-bond acceptors (Lipinski definition) is 4. The fourth-order valence-corrected chi connectivity index (χ4v) is 2.28. The summed E-state index contributed by atoms with van der Waals surface area (Å²) in [5.41, 5.74) is 5.92. The minimum Gasteiger partial charge on any atom is -0.467 e. The number of nitrogens with two attached hydrogens (primary N) is 1. The highest BCUT2D eigenvalue weighted by Gasteiger charge is 2.18. The Kier molecular flexibility index (Phi) is 3.03. The van der Waals surface area contributed by atoms with Crippen LogP contribution < -0.4 is 11.3 Å². The van der Waals surface area contributed by atoms with Gasteiger partial charge >= 0.3 is 0 Å². The first-order valence-corrected chi connectivity index (χ1v) is 6.14. The zero-order valence-corrected chi connectivity index (χ0v) is 10.6. The van der Waals surface area contributed by atoms with Crippen molar-refractivity contribution >= 4 is 10.9 Å². The van der Waals surface area contributed by atoms with Gasteiger partial charge in [-0.1, -0.05) is 12.1 Å². The lowest BCUT2D eigenvalue weighted by molar-refractivity contribution is 0.449. The van der Waals surface area contributed by atoms with E-state index in [0.29, 0.717) is 0 Å². The van der Waals surface area contributed by atoms with Gasteiger partial charge in [-0.25, -0.2) is 5.43 Å². The molecule has 0 spiro atoms. The van der Waals surface area contributed by atoms with Gasteiger partial charge in [0.25, 0.3) is 0 Å². The molecule has 0 bridgehead atoms. The first-order chi connectivity index (χ1) is 9.29. The third kappa shape index (κ3) is 2.12. The van der Waals surface area contributed by atoms with Crippen LogP contribution in [0.5, 0.6) is 0 Å². The molecule has 1 aromatic carbocycles. The van der Waals surface area contributed by atoms with Gasteiger partial charge in [-0.3, -0.25) is 10.8 Å². The molecular formula is C15H15N3O.